The molecule has 0 amide bonds. The first-order valence-electron chi connectivity index (χ1n) is 9.13. The van der Waals surface area contributed by atoms with Gasteiger partial charge in [-0.05, 0) is 5.56 Å². The van der Waals surface area contributed by atoms with Crippen LogP contribution in [0.1, 0.15) is 32.6 Å². The van der Waals surface area contributed by atoms with Crippen molar-refractivity contribution in [1.29, 1.82) is 5.41 Å². The Morgan fingerprint density at radius 1 is 1.22 bits per heavy atom. The lowest BCUT2D eigenvalue weighted by Crippen LogP contribution is -2.45. The smallest absolute Gasteiger partial charge is 0.254 e. The van der Waals surface area contributed by atoms with Gasteiger partial charge in [0.1, 0.15) is 12.3 Å². The van der Waals surface area contributed by atoms with E-state index in [-0.39, 0.29) is 29.1 Å². The van der Waals surface area contributed by atoms with Crippen molar-refractivity contribution in [2.45, 2.75) is 51.2 Å². The molecule has 3 rings (SSSR count). The summed E-state index contributed by atoms with van der Waals surface area (Å²) in [7, 11) is 0. The number of benzene rings is 1. The zero-order chi connectivity index (χ0) is 19.8. The van der Waals surface area contributed by atoms with Crippen LogP contribution in [0, 0.1) is 11.3 Å². The molecule has 146 valence electrons. The number of aliphatic hydroxyl groups is 2. The average molecular weight is 373 g/mol. The van der Waals surface area contributed by atoms with Gasteiger partial charge in [0.05, 0.1) is 12.7 Å². The van der Waals surface area contributed by atoms with Crippen LogP contribution in [0.4, 0.5) is 0 Å². The summed E-state index contributed by atoms with van der Waals surface area (Å²) in [6.45, 7) is 5.91. The molecule has 0 saturated carbocycles. The maximum atomic E-state index is 12.5. The Labute approximate surface area is 158 Å². The van der Waals surface area contributed by atoms with Gasteiger partial charge in [-0.1, -0.05) is 51.1 Å². The van der Waals surface area contributed by atoms with Crippen LogP contribution >= 0.6 is 0 Å². The second-order valence-corrected chi connectivity index (χ2v) is 7.82. The number of rotatable bonds is 5. The molecule has 2 heterocycles. The third kappa shape index (κ3) is 3.63. The van der Waals surface area contributed by atoms with E-state index in [1.165, 1.54) is 16.8 Å². The van der Waals surface area contributed by atoms with Crippen LogP contribution in [0.5, 0.6) is 0 Å². The zero-order valence-electron chi connectivity index (χ0n) is 15.9. The Kier molecular flexibility index (Phi) is 5.37. The molecule has 0 aliphatic carbocycles. The van der Waals surface area contributed by atoms with Crippen molar-refractivity contribution in [3.8, 4) is 0 Å². The summed E-state index contributed by atoms with van der Waals surface area (Å²) in [6, 6.07) is 11.3. The molecular formula is C20H27N3O4. The maximum absolute atomic E-state index is 12.5. The highest BCUT2D eigenvalue weighted by molar-refractivity contribution is 5.23. The van der Waals surface area contributed by atoms with Crippen LogP contribution < -0.4 is 11.2 Å². The SMILES string of the molecule is CC1C(O)[C@@H](CO)O[C@H]1n1ccc(=O)n(CC(C)(C)c2ccccc2)c1=N. The van der Waals surface area contributed by atoms with E-state index >= 15 is 0 Å². The van der Waals surface area contributed by atoms with Gasteiger partial charge in [0.25, 0.3) is 5.56 Å². The van der Waals surface area contributed by atoms with E-state index in [1.54, 1.807) is 11.5 Å². The predicted octanol–water partition coefficient (Wildman–Crippen LogP) is 0.994. The van der Waals surface area contributed by atoms with Crippen LogP contribution in [0.25, 0.3) is 0 Å². The molecule has 1 aromatic heterocycles. The number of aromatic nitrogens is 2. The van der Waals surface area contributed by atoms with Gasteiger partial charge in [-0.3, -0.25) is 19.3 Å². The van der Waals surface area contributed by atoms with E-state index in [0.717, 1.165) is 5.56 Å². The molecule has 1 aromatic carbocycles. The highest BCUT2D eigenvalue weighted by Gasteiger charge is 2.41. The minimum Gasteiger partial charge on any atom is -0.394 e. The average Bonchev–Trinajstić information content (AvgIpc) is 2.94. The number of ether oxygens (including phenoxy) is 1. The lowest BCUT2D eigenvalue weighted by Gasteiger charge is -2.27. The van der Waals surface area contributed by atoms with Crippen molar-refractivity contribution >= 4 is 0 Å². The Morgan fingerprint density at radius 2 is 1.89 bits per heavy atom. The maximum Gasteiger partial charge on any atom is 0.254 e. The van der Waals surface area contributed by atoms with Crippen molar-refractivity contribution in [2.24, 2.45) is 5.92 Å². The summed E-state index contributed by atoms with van der Waals surface area (Å²) in [5.41, 5.74) is 0.474. The molecule has 1 aliphatic rings. The second kappa shape index (κ2) is 7.42. The molecule has 1 aliphatic heterocycles. The quantitative estimate of drug-likeness (QED) is 0.728. The van der Waals surface area contributed by atoms with Gasteiger partial charge in [0.2, 0.25) is 5.62 Å². The van der Waals surface area contributed by atoms with Crippen molar-refractivity contribution in [3.05, 3.63) is 64.1 Å². The van der Waals surface area contributed by atoms with Crippen LogP contribution in [-0.2, 0) is 16.7 Å². The Hall–Kier alpha value is -2.22. The molecule has 2 aromatic rings. The number of aliphatic hydroxyl groups excluding tert-OH is 2. The fourth-order valence-electron chi connectivity index (χ4n) is 3.64. The summed E-state index contributed by atoms with van der Waals surface area (Å²) < 4.78 is 8.71. The molecule has 27 heavy (non-hydrogen) atoms. The van der Waals surface area contributed by atoms with Crippen molar-refractivity contribution in [2.75, 3.05) is 6.61 Å². The summed E-state index contributed by atoms with van der Waals surface area (Å²) in [6.07, 6.45) is -0.618. The monoisotopic (exact) mass is 373 g/mol. The van der Waals surface area contributed by atoms with Crippen molar-refractivity contribution in [1.82, 2.24) is 9.13 Å². The van der Waals surface area contributed by atoms with Gasteiger partial charge in [0.15, 0.2) is 0 Å². The summed E-state index contributed by atoms with van der Waals surface area (Å²) in [4.78, 5) is 12.5. The minimum atomic E-state index is -0.826. The third-order valence-electron chi connectivity index (χ3n) is 5.39. The molecule has 1 fully saturated rings. The van der Waals surface area contributed by atoms with Crippen LogP contribution in [0.3, 0.4) is 0 Å². The van der Waals surface area contributed by atoms with E-state index in [1.807, 2.05) is 44.2 Å². The van der Waals surface area contributed by atoms with E-state index < -0.39 is 18.4 Å². The number of hydrogen-bond donors (Lipinski definition) is 3. The normalized spacial score (nSPS) is 25.7. The molecular weight excluding hydrogens is 346 g/mol. The first-order chi connectivity index (χ1) is 12.8. The largest absolute Gasteiger partial charge is 0.394 e. The Morgan fingerprint density at radius 3 is 2.48 bits per heavy atom. The predicted molar refractivity (Wildman–Crippen MR) is 100 cm³/mol. The van der Waals surface area contributed by atoms with Crippen molar-refractivity contribution in [3.63, 3.8) is 0 Å². The summed E-state index contributed by atoms with van der Waals surface area (Å²) >= 11 is 0. The standard InChI is InChI=1S/C20H27N3O4/c1-13-17(26)15(11-24)27-18(13)22-10-9-16(25)23(19(22)21)12-20(2,3)14-7-5-4-6-8-14/h4-10,13,15,17-18,21,24,26H,11-12H2,1-3H3/t13?,15-,17?,18-/m1/s1. The molecule has 3 N–H and O–H groups in total. The molecule has 4 atom stereocenters. The van der Waals surface area contributed by atoms with E-state index in [0.29, 0.717) is 6.54 Å². The van der Waals surface area contributed by atoms with Gasteiger partial charge < -0.3 is 14.9 Å². The van der Waals surface area contributed by atoms with Gasteiger partial charge in [-0.25, -0.2) is 0 Å². The zero-order valence-corrected chi connectivity index (χ0v) is 15.9. The third-order valence-corrected chi connectivity index (χ3v) is 5.39. The Balaban J connectivity index is 1.98. The molecule has 0 radical (unpaired) electrons. The molecule has 7 heteroatoms. The van der Waals surface area contributed by atoms with Crippen LogP contribution in [-0.4, -0.2) is 38.2 Å². The Bertz CT molecular complexity index is 903. The van der Waals surface area contributed by atoms with Gasteiger partial charge in [-0.2, -0.15) is 0 Å². The minimum absolute atomic E-state index is 0.00847. The van der Waals surface area contributed by atoms with E-state index in [2.05, 4.69) is 0 Å². The molecule has 1 saturated heterocycles. The van der Waals surface area contributed by atoms with E-state index in [9.17, 15) is 15.0 Å². The summed E-state index contributed by atoms with van der Waals surface area (Å²) in [5, 5.41) is 28.2. The topological polar surface area (TPSA) is 100 Å². The summed E-state index contributed by atoms with van der Waals surface area (Å²) in [5.74, 6) is -0.315. The molecule has 7 nitrogen and oxygen atoms in total. The fourth-order valence-corrected chi connectivity index (χ4v) is 3.64. The molecule has 0 spiro atoms. The van der Waals surface area contributed by atoms with Gasteiger partial charge >= 0.3 is 0 Å². The second-order valence-electron chi connectivity index (χ2n) is 7.82. The first-order valence-corrected chi connectivity index (χ1v) is 9.13. The molecule has 2 unspecified atom stereocenters. The van der Waals surface area contributed by atoms with Gasteiger partial charge in [0, 0.05) is 30.1 Å². The van der Waals surface area contributed by atoms with Gasteiger partial charge in [-0.15, -0.1) is 0 Å². The fraction of sp³-hybridized carbons (Fsp3) is 0.500. The first kappa shape index (κ1) is 19.5. The van der Waals surface area contributed by atoms with Crippen LogP contribution in [0.2, 0.25) is 0 Å². The lowest BCUT2D eigenvalue weighted by molar-refractivity contribution is -0.0487. The number of nitrogens with zero attached hydrogens (tertiary/aromatic N) is 2. The van der Waals surface area contributed by atoms with Crippen LogP contribution in [0.15, 0.2) is 47.4 Å². The molecule has 0 bridgehead atoms. The van der Waals surface area contributed by atoms with Crippen molar-refractivity contribution < 1.29 is 14.9 Å². The lowest BCUT2D eigenvalue weighted by atomic mass is 9.84. The number of nitrogens with one attached hydrogen (secondary N) is 1. The highest BCUT2D eigenvalue weighted by atomic mass is 16.5. The highest BCUT2D eigenvalue weighted by Crippen LogP contribution is 2.33. The number of hydrogen-bond acceptors (Lipinski definition) is 5. The van der Waals surface area contributed by atoms with E-state index in [4.69, 9.17) is 10.1 Å².